The van der Waals surface area contributed by atoms with Gasteiger partial charge in [-0.05, 0) is 19.1 Å². The molecule has 7 heteroatoms. The molecule has 0 aliphatic carbocycles. The largest absolute Gasteiger partial charge is 0.450 e. The third-order valence-electron chi connectivity index (χ3n) is 3.38. The summed E-state index contributed by atoms with van der Waals surface area (Å²) in [4.78, 5) is 15.8. The Morgan fingerprint density at radius 2 is 2.05 bits per heavy atom. The van der Waals surface area contributed by atoms with Crippen LogP contribution in [0.5, 0.6) is 0 Å². The maximum atomic E-state index is 11.7. The van der Waals surface area contributed by atoms with Crippen LogP contribution >= 0.6 is 23.8 Å². The predicted molar refractivity (Wildman–Crippen MR) is 88.1 cm³/mol. The van der Waals surface area contributed by atoms with Crippen molar-refractivity contribution in [1.82, 2.24) is 4.90 Å². The molecule has 1 aromatic carbocycles. The number of piperazine rings is 1. The lowest BCUT2D eigenvalue weighted by Gasteiger charge is -2.36. The van der Waals surface area contributed by atoms with Gasteiger partial charge in [-0.3, -0.25) is 0 Å². The summed E-state index contributed by atoms with van der Waals surface area (Å²) in [6.07, 6.45) is -0.266. The maximum Gasteiger partial charge on any atom is 0.409 e. The van der Waals surface area contributed by atoms with E-state index in [0.29, 0.717) is 43.4 Å². The van der Waals surface area contributed by atoms with Crippen LogP contribution in [0, 0.1) is 0 Å². The maximum absolute atomic E-state index is 11.7. The normalized spacial score (nSPS) is 15.0. The van der Waals surface area contributed by atoms with Gasteiger partial charge in [0.15, 0.2) is 0 Å². The topological polar surface area (TPSA) is 58.8 Å². The molecule has 2 N–H and O–H groups in total. The number of ether oxygens (including phenoxy) is 1. The second-order valence-electron chi connectivity index (χ2n) is 4.67. The summed E-state index contributed by atoms with van der Waals surface area (Å²) < 4.78 is 5.01. The van der Waals surface area contributed by atoms with Gasteiger partial charge < -0.3 is 20.3 Å². The molecule has 1 fully saturated rings. The summed E-state index contributed by atoms with van der Waals surface area (Å²) in [5, 5.41) is 0.549. The molecule has 0 unspecified atom stereocenters. The van der Waals surface area contributed by atoms with Crippen LogP contribution in [0.1, 0.15) is 12.5 Å². The van der Waals surface area contributed by atoms with Crippen LogP contribution in [0.3, 0.4) is 0 Å². The van der Waals surface area contributed by atoms with E-state index in [2.05, 4.69) is 4.90 Å². The molecule has 1 saturated heterocycles. The molecular formula is C14H18ClN3O2S. The van der Waals surface area contributed by atoms with E-state index in [-0.39, 0.29) is 11.1 Å². The van der Waals surface area contributed by atoms with Gasteiger partial charge in [-0.15, -0.1) is 0 Å². The molecule has 1 aromatic rings. The fourth-order valence-electron chi connectivity index (χ4n) is 2.36. The van der Waals surface area contributed by atoms with Crippen molar-refractivity contribution in [2.75, 3.05) is 37.7 Å². The lowest BCUT2D eigenvalue weighted by molar-refractivity contribution is 0.105. The molecule has 2 rings (SSSR count). The Morgan fingerprint density at radius 1 is 1.38 bits per heavy atom. The molecule has 0 saturated carbocycles. The van der Waals surface area contributed by atoms with Crippen LogP contribution in [0.25, 0.3) is 0 Å². The molecule has 0 atom stereocenters. The third-order valence-corrected chi connectivity index (χ3v) is 3.90. The molecule has 114 valence electrons. The Balaban J connectivity index is 2.11. The molecule has 0 radical (unpaired) electrons. The van der Waals surface area contributed by atoms with Gasteiger partial charge in [-0.2, -0.15) is 0 Å². The van der Waals surface area contributed by atoms with E-state index in [1.807, 2.05) is 12.1 Å². The highest BCUT2D eigenvalue weighted by molar-refractivity contribution is 7.80. The zero-order valence-electron chi connectivity index (χ0n) is 11.8. The minimum Gasteiger partial charge on any atom is -0.450 e. The molecule has 0 aromatic heterocycles. The second-order valence-corrected chi connectivity index (χ2v) is 5.52. The fraction of sp³-hybridized carbons (Fsp3) is 0.429. The number of carbonyl (C=O) groups excluding carboxylic acids is 1. The first-order valence-electron chi connectivity index (χ1n) is 6.79. The molecule has 5 nitrogen and oxygen atoms in total. The number of amides is 1. The molecule has 1 amide bonds. The smallest absolute Gasteiger partial charge is 0.409 e. The van der Waals surface area contributed by atoms with Crippen LogP contribution in [0.15, 0.2) is 18.2 Å². The zero-order chi connectivity index (χ0) is 15.4. The molecule has 1 aliphatic rings. The first-order chi connectivity index (χ1) is 10.0. The van der Waals surface area contributed by atoms with Crippen LogP contribution in [-0.2, 0) is 4.74 Å². The number of thiocarbonyl (C=S) groups is 1. The van der Waals surface area contributed by atoms with Gasteiger partial charge >= 0.3 is 6.09 Å². The van der Waals surface area contributed by atoms with Gasteiger partial charge in [-0.1, -0.05) is 29.9 Å². The van der Waals surface area contributed by atoms with Gasteiger partial charge in [0.1, 0.15) is 4.99 Å². The van der Waals surface area contributed by atoms with Crippen LogP contribution in [0.4, 0.5) is 10.5 Å². The number of carbonyl (C=O) groups is 1. The van der Waals surface area contributed by atoms with E-state index >= 15 is 0 Å². The first-order valence-corrected chi connectivity index (χ1v) is 7.58. The average Bonchev–Trinajstić information content (AvgIpc) is 2.47. The van der Waals surface area contributed by atoms with Crippen molar-refractivity contribution in [2.24, 2.45) is 5.73 Å². The quantitative estimate of drug-likeness (QED) is 0.863. The standard InChI is InChI=1S/C14H18ClN3O2S/c1-2-20-14(19)18-8-6-17(7-9-18)11-5-3-4-10(15)12(11)13(16)21/h3-5H,2,6-9H2,1H3,(H2,16,21). The molecule has 1 heterocycles. The van der Waals surface area contributed by atoms with E-state index < -0.39 is 0 Å². The first kappa shape index (κ1) is 15.9. The van der Waals surface area contributed by atoms with E-state index in [1.165, 1.54) is 0 Å². The summed E-state index contributed by atoms with van der Waals surface area (Å²) in [5.74, 6) is 0. The van der Waals surface area contributed by atoms with Crippen molar-refractivity contribution in [3.63, 3.8) is 0 Å². The molecule has 21 heavy (non-hydrogen) atoms. The number of hydrogen-bond donors (Lipinski definition) is 1. The van der Waals surface area contributed by atoms with E-state index in [4.69, 9.17) is 34.3 Å². The number of nitrogens with two attached hydrogens (primary N) is 1. The van der Waals surface area contributed by atoms with E-state index in [1.54, 1.807) is 17.9 Å². The Kier molecular flexibility index (Phi) is 5.25. The molecule has 0 spiro atoms. The summed E-state index contributed by atoms with van der Waals surface area (Å²) in [5.41, 5.74) is 7.38. The Labute approximate surface area is 134 Å². The highest BCUT2D eigenvalue weighted by atomic mass is 35.5. The van der Waals surface area contributed by atoms with E-state index in [9.17, 15) is 4.79 Å². The predicted octanol–water partition coefficient (Wildman–Crippen LogP) is 2.25. The number of anilines is 1. The van der Waals surface area contributed by atoms with Crippen molar-refractivity contribution >= 4 is 40.6 Å². The number of hydrogen-bond acceptors (Lipinski definition) is 4. The van der Waals surface area contributed by atoms with Crippen LogP contribution in [0.2, 0.25) is 5.02 Å². The Bertz CT molecular complexity index is 545. The van der Waals surface area contributed by atoms with Crippen LogP contribution < -0.4 is 10.6 Å². The van der Waals surface area contributed by atoms with Crippen molar-refractivity contribution in [1.29, 1.82) is 0 Å². The van der Waals surface area contributed by atoms with E-state index in [0.717, 1.165) is 5.69 Å². The number of benzene rings is 1. The lowest BCUT2D eigenvalue weighted by atomic mass is 10.1. The highest BCUT2D eigenvalue weighted by Crippen LogP contribution is 2.28. The van der Waals surface area contributed by atoms with Gasteiger partial charge in [0.25, 0.3) is 0 Å². The van der Waals surface area contributed by atoms with Crippen molar-refractivity contribution in [2.45, 2.75) is 6.92 Å². The summed E-state index contributed by atoms with van der Waals surface area (Å²) in [6.45, 7) is 4.77. The molecular weight excluding hydrogens is 310 g/mol. The highest BCUT2D eigenvalue weighted by Gasteiger charge is 2.24. The van der Waals surface area contributed by atoms with Crippen molar-refractivity contribution in [3.8, 4) is 0 Å². The van der Waals surface area contributed by atoms with Crippen LogP contribution in [-0.4, -0.2) is 48.8 Å². The fourth-order valence-corrected chi connectivity index (χ4v) is 2.91. The SMILES string of the molecule is CCOC(=O)N1CCN(c2cccc(Cl)c2C(N)=S)CC1. The van der Waals surface area contributed by atoms with Crippen molar-refractivity contribution in [3.05, 3.63) is 28.8 Å². The minimum absolute atomic E-state index is 0.266. The summed E-state index contributed by atoms with van der Waals surface area (Å²) in [6, 6.07) is 5.59. The number of nitrogens with zero attached hydrogens (tertiary/aromatic N) is 2. The zero-order valence-corrected chi connectivity index (χ0v) is 13.4. The lowest BCUT2D eigenvalue weighted by Crippen LogP contribution is -2.49. The van der Waals surface area contributed by atoms with Gasteiger partial charge in [-0.25, -0.2) is 4.79 Å². The Hall–Kier alpha value is -1.53. The number of halogens is 1. The monoisotopic (exact) mass is 327 g/mol. The van der Waals surface area contributed by atoms with Gasteiger partial charge in [0.05, 0.1) is 17.2 Å². The molecule has 0 bridgehead atoms. The number of rotatable bonds is 3. The van der Waals surface area contributed by atoms with Crippen molar-refractivity contribution < 1.29 is 9.53 Å². The van der Waals surface area contributed by atoms with Gasteiger partial charge in [0, 0.05) is 31.9 Å². The minimum atomic E-state index is -0.266. The second kappa shape index (κ2) is 6.95. The summed E-state index contributed by atoms with van der Waals surface area (Å²) >= 11 is 11.3. The Morgan fingerprint density at radius 3 is 2.62 bits per heavy atom. The third kappa shape index (κ3) is 3.57. The summed E-state index contributed by atoms with van der Waals surface area (Å²) in [7, 11) is 0. The van der Waals surface area contributed by atoms with Gasteiger partial charge in [0.2, 0.25) is 0 Å². The average molecular weight is 328 g/mol. The molecule has 1 aliphatic heterocycles.